The van der Waals surface area contributed by atoms with Gasteiger partial charge >= 0.3 is 18.9 Å². The first kappa shape index (κ1) is 21.5. The molecule has 3 unspecified atom stereocenters. The quantitative estimate of drug-likeness (QED) is 0.431. The molecule has 0 aromatic heterocycles. The van der Waals surface area contributed by atoms with Crippen molar-refractivity contribution in [2.45, 2.75) is 23.5 Å². The summed E-state index contributed by atoms with van der Waals surface area (Å²) in [6.45, 7) is 2.90. The predicted octanol–water partition coefficient (Wildman–Crippen LogP) is 6.37. The van der Waals surface area contributed by atoms with E-state index in [0.717, 1.165) is 6.61 Å². The van der Waals surface area contributed by atoms with E-state index in [-0.39, 0.29) is 18.9 Å². The van der Waals surface area contributed by atoms with Crippen molar-refractivity contribution in [3.8, 4) is 0 Å². The summed E-state index contributed by atoms with van der Waals surface area (Å²) in [5, 5.41) is 0. The zero-order valence-electron chi connectivity index (χ0n) is 17.7. The molecule has 3 aliphatic rings. The van der Waals surface area contributed by atoms with E-state index in [1.165, 1.54) is 33.4 Å². The molecule has 3 aromatic carbocycles. The molecule has 3 heteroatoms. The van der Waals surface area contributed by atoms with Crippen molar-refractivity contribution in [3.05, 3.63) is 124 Å². The zero-order chi connectivity index (χ0) is 20.8. The van der Waals surface area contributed by atoms with Crippen molar-refractivity contribution in [1.82, 2.24) is 0 Å². The molecule has 3 atom stereocenters. The van der Waals surface area contributed by atoms with E-state index in [1.807, 2.05) is 0 Å². The molecular weight excluding hydrogens is 399 g/mol. The SMILES string of the molecule is CCO[Si](C1C=Cc2ccccc21)(C1C=Cc2ccccc21)C1C=Cc2ccccc21.[LiH]. The van der Waals surface area contributed by atoms with Gasteiger partial charge in [-0.05, 0) is 40.3 Å². The van der Waals surface area contributed by atoms with E-state index in [4.69, 9.17) is 4.43 Å². The van der Waals surface area contributed by atoms with E-state index in [9.17, 15) is 0 Å². The third kappa shape index (κ3) is 3.10. The monoisotopic (exact) mass is 426 g/mol. The minimum atomic E-state index is -2.51. The van der Waals surface area contributed by atoms with E-state index >= 15 is 0 Å². The summed E-state index contributed by atoms with van der Waals surface area (Å²) in [7, 11) is -2.51. The molecular formula is C29H27LiOSi. The molecule has 0 heterocycles. The van der Waals surface area contributed by atoms with Crippen molar-refractivity contribution in [3.63, 3.8) is 0 Å². The Morgan fingerprint density at radius 3 is 1.28 bits per heavy atom. The topological polar surface area (TPSA) is 9.23 Å². The first-order valence-electron chi connectivity index (χ1n) is 11.3. The van der Waals surface area contributed by atoms with E-state index < -0.39 is 8.32 Å². The van der Waals surface area contributed by atoms with Gasteiger partial charge in [0.1, 0.15) is 0 Å². The number of fused-ring (bicyclic) bond motifs is 3. The van der Waals surface area contributed by atoms with Crippen LogP contribution in [-0.4, -0.2) is 33.8 Å². The molecule has 0 amide bonds. The summed E-state index contributed by atoms with van der Waals surface area (Å²) in [6, 6.07) is 26.7. The van der Waals surface area contributed by atoms with Crippen molar-refractivity contribution in [2.24, 2.45) is 0 Å². The molecule has 0 saturated carbocycles. The summed E-state index contributed by atoms with van der Waals surface area (Å²) >= 11 is 0. The van der Waals surface area contributed by atoms with Crippen LogP contribution in [0.15, 0.2) is 91.0 Å². The third-order valence-electron chi connectivity index (χ3n) is 7.25. The zero-order valence-corrected chi connectivity index (χ0v) is 18.7. The van der Waals surface area contributed by atoms with Crippen LogP contribution in [0.3, 0.4) is 0 Å². The van der Waals surface area contributed by atoms with Crippen molar-refractivity contribution in [2.75, 3.05) is 6.61 Å². The Morgan fingerprint density at radius 1 is 0.594 bits per heavy atom. The maximum absolute atomic E-state index is 7.14. The summed E-state index contributed by atoms with van der Waals surface area (Å²) in [5.41, 5.74) is 9.24. The first-order valence-corrected chi connectivity index (χ1v) is 13.4. The average Bonchev–Trinajstić information content (AvgIpc) is 3.54. The standard InChI is InChI=1S/C29H26OSi.Li.H/c1-2-30-31(27-18-15-21-9-3-6-12-24(21)27,28-19-16-22-10-4-7-13-25(22)28)29-20-17-23-11-5-8-14-26(23)29;;/h3-20,27-29H,2H2,1H3;;. The van der Waals surface area contributed by atoms with Gasteiger partial charge in [-0.1, -0.05) is 109 Å². The molecule has 32 heavy (non-hydrogen) atoms. The van der Waals surface area contributed by atoms with E-state index in [0.29, 0.717) is 16.6 Å². The number of rotatable bonds is 5. The van der Waals surface area contributed by atoms with Crippen LogP contribution in [0.5, 0.6) is 0 Å². The van der Waals surface area contributed by atoms with Gasteiger partial charge in [0, 0.05) is 23.2 Å². The molecule has 3 aliphatic carbocycles. The van der Waals surface area contributed by atoms with Gasteiger partial charge in [-0.2, -0.15) is 0 Å². The molecule has 6 rings (SSSR count). The van der Waals surface area contributed by atoms with Crippen LogP contribution in [0.1, 0.15) is 56.9 Å². The molecule has 0 fully saturated rings. The summed E-state index contributed by atoms with van der Waals surface area (Å²) < 4.78 is 7.14. The van der Waals surface area contributed by atoms with Gasteiger partial charge in [-0.15, -0.1) is 0 Å². The maximum atomic E-state index is 7.14. The number of hydrogen-bond donors (Lipinski definition) is 0. The Kier molecular flexibility index (Phi) is 5.74. The van der Waals surface area contributed by atoms with Gasteiger partial charge in [0.25, 0.3) is 0 Å². The van der Waals surface area contributed by atoms with Gasteiger partial charge < -0.3 is 4.43 Å². The molecule has 0 bridgehead atoms. The van der Waals surface area contributed by atoms with Gasteiger partial charge in [-0.25, -0.2) is 0 Å². The van der Waals surface area contributed by atoms with Crippen LogP contribution in [0.2, 0.25) is 0 Å². The van der Waals surface area contributed by atoms with Crippen LogP contribution in [0.25, 0.3) is 18.2 Å². The first-order chi connectivity index (χ1) is 15.3. The minimum absolute atomic E-state index is 0. The normalized spacial score (nSPS) is 23.3. The van der Waals surface area contributed by atoms with Crippen LogP contribution >= 0.6 is 0 Å². The second-order valence-corrected chi connectivity index (χ2v) is 12.5. The van der Waals surface area contributed by atoms with Crippen molar-refractivity contribution >= 4 is 45.4 Å². The molecule has 0 saturated heterocycles. The predicted molar refractivity (Wildman–Crippen MR) is 139 cm³/mol. The van der Waals surface area contributed by atoms with E-state index in [2.05, 4.69) is 116 Å². The van der Waals surface area contributed by atoms with Gasteiger partial charge in [0.05, 0.1) is 0 Å². The second kappa shape index (κ2) is 8.54. The Bertz CT molecular complexity index is 1090. The number of benzene rings is 3. The van der Waals surface area contributed by atoms with Gasteiger partial charge in [0.15, 0.2) is 0 Å². The molecule has 1 nitrogen and oxygen atoms in total. The number of allylic oxidation sites excluding steroid dienone is 3. The fourth-order valence-electron chi connectivity index (χ4n) is 6.03. The fourth-order valence-corrected chi connectivity index (χ4v) is 11.7. The molecule has 154 valence electrons. The average molecular weight is 427 g/mol. The van der Waals surface area contributed by atoms with E-state index in [1.54, 1.807) is 0 Å². The van der Waals surface area contributed by atoms with Crippen LogP contribution in [0.4, 0.5) is 0 Å². The van der Waals surface area contributed by atoms with Crippen molar-refractivity contribution in [1.29, 1.82) is 0 Å². The Morgan fingerprint density at radius 2 is 0.938 bits per heavy atom. The van der Waals surface area contributed by atoms with Crippen LogP contribution in [-0.2, 0) is 4.43 Å². The summed E-state index contributed by atoms with van der Waals surface area (Å²) in [4.78, 5) is 0. The third-order valence-corrected chi connectivity index (χ3v) is 12.5. The van der Waals surface area contributed by atoms with Crippen LogP contribution < -0.4 is 0 Å². The Hall–Kier alpha value is -2.35. The van der Waals surface area contributed by atoms with Gasteiger partial charge in [-0.3, -0.25) is 0 Å². The summed E-state index contributed by atoms with van der Waals surface area (Å²) in [5.74, 6) is 0. The molecule has 0 aliphatic heterocycles. The molecule has 3 aromatic rings. The molecule has 0 spiro atoms. The Balaban J connectivity index is 0.00000216. The number of hydrogen-bond acceptors (Lipinski definition) is 1. The van der Waals surface area contributed by atoms with Crippen molar-refractivity contribution < 1.29 is 4.43 Å². The second-order valence-electron chi connectivity index (χ2n) is 8.68. The molecule has 0 N–H and O–H groups in total. The fraction of sp³-hybridized carbons (Fsp3) is 0.172. The van der Waals surface area contributed by atoms with Gasteiger partial charge in [0.2, 0.25) is 8.32 Å². The molecule has 0 radical (unpaired) electrons. The van der Waals surface area contributed by atoms with Crippen LogP contribution in [0, 0.1) is 0 Å². The Labute approximate surface area is 203 Å². The summed E-state index contributed by atoms with van der Waals surface area (Å²) in [6.07, 6.45) is 14.3.